The summed E-state index contributed by atoms with van der Waals surface area (Å²) in [4.78, 5) is 14.5. The van der Waals surface area contributed by atoms with E-state index in [9.17, 15) is 4.79 Å². The maximum absolute atomic E-state index is 12.0. The van der Waals surface area contributed by atoms with Gasteiger partial charge >= 0.3 is 5.63 Å². The van der Waals surface area contributed by atoms with Crippen LogP contribution in [0.3, 0.4) is 0 Å². The largest absolute Gasteiger partial charge is 0.454 e. The molecular formula is C24H26N2O4. The highest BCUT2D eigenvalue weighted by atomic mass is 16.7. The molecule has 6 heteroatoms. The number of fused-ring (bicyclic) bond motifs is 2. The third-order valence-electron chi connectivity index (χ3n) is 6.01. The summed E-state index contributed by atoms with van der Waals surface area (Å²) in [6, 6.07) is 14.1. The van der Waals surface area contributed by atoms with Crippen LogP contribution in [0.2, 0.25) is 0 Å². The minimum atomic E-state index is -0.311. The molecular weight excluding hydrogens is 380 g/mol. The second kappa shape index (κ2) is 8.03. The molecule has 1 N–H and O–H groups in total. The predicted octanol–water partition coefficient (Wildman–Crippen LogP) is 4.16. The lowest BCUT2D eigenvalue weighted by molar-refractivity contribution is 0.173. The Bertz CT molecular complexity index is 1120. The lowest BCUT2D eigenvalue weighted by Crippen LogP contribution is -2.38. The van der Waals surface area contributed by atoms with Crippen molar-refractivity contribution >= 4 is 16.7 Å². The smallest absolute Gasteiger partial charge is 0.338 e. The number of hydrogen-bond acceptors (Lipinski definition) is 6. The van der Waals surface area contributed by atoms with Crippen LogP contribution in [0, 0.1) is 0 Å². The van der Waals surface area contributed by atoms with Gasteiger partial charge in [0.15, 0.2) is 11.5 Å². The second-order valence-electron chi connectivity index (χ2n) is 8.05. The fraction of sp³-hybridized carbons (Fsp3) is 0.375. The van der Waals surface area contributed by atoms with Crippen molar-refractivity contribution in [3.8, 4) is 11.5 Å². The Morgan fingerprint density at radius 3 is 2.63 bits per heavy atom. The Kier molecular flexibility index (Phi) is 5.09. The van der Waals surface area contributed by atoms with E-state index in [1.165, 1.54) is 11.1 Å². The Morgan fingerprint density at radius 2 is 1.80 bits per heavy atom. The Morgan fingerprint density at radius 1 is 1.00 bits per heavy atom. The summed E-state index contributed by atoms with van der Waals surface area (Å²) in [7, 11) is 0. The lowest BCUT2D eigenvalue weighted by atomic mass is 10.0. The first-order valence-electron chi connectivity index (χ1n) is 10.6. The molecule has 3 aromatic rings. The maximum Gasteiger partial charge on any atom is 0.338 e. The number of anilines is 1. The van der Waals surface area contributed by atoms with Crippen molar-refractivity contribution in [2.75, 3.05) is 25.2 Å². The monoisotopic (exact) mass is 406 g/mol. The molecule has 156 valence electrons. The topological polar surface area (TPSA) is 63.9 Å². The van der Waals surface area contributed by atoms with E-state index in [1.54, 1.807) is 6.07 Å². The highest BCUT2D eigenvalue weighted by Crippen LogP contribution is 2.33. The molecule has 0 amide bonds. The first-order chi connectivity index (χ1) is 14.7. The SMILES string of the molecule is CCc1ccc2oc(=O)cc(NC3CCN(Cc4ccc5c(c4)OCO5)CC3)c2c1. The van der Waals surface area contributed by atoms with E-state index in [1.807, 2.05) is 18.2 Å². The zero-order chi connectivity index (χ0) is 20.5. The fourth-order valence-corrected chi connectivity index (χ4v) is 4.30. The van der Waals surface area contributed by atoms with Crippen LogP contribution < -0.4 is 20.4 Å². The highest BCUT2D eigenvalue weighted by molar-refractivity contribution is 5.90. The quantitative estimate of drug-likeness (QED) is 0.642. The summed E-state index contributed by atoms with van der Waals surface area (Å²) in [5.41, 5.74) is 3.69. The van der Waals surface area contributed by atoms with E-state index in [-0.39, 0.29) is 5.63 Å². The number of ether oxygens (including phenoxy) is 2. The van der Waals surface area contributed by atoms with Crippen molar-refractivity contribution in [2.45, 2.75) is 38.8 Å². The molecule has 2 aliphatic rings. The van der Waals surface area contributed by atoms with Gasteiger partial charge in [0.1, 0.15) is 5.58 Å². The molecule has 0 saturated carbocycles. The van der Waals surface area contributed by atoms with E-state index in [2.05, 4.69) is 35.3 Å². The maximum atomic E-state index is 12.0. The van der Waals surface area contributed by atoms with Crippen molar-refractivity contribution in [3.05, 3.63) is 64.0 Å². The van der Waals surface area contributed by atoms with E-state index in [0.717, 1.165) is 61.5 Å². The van der Waals surface area contributed by atoms with Crippen molar-refractivity contribution in [1.29, 1.82) is 0 Å². The second-order valence-corrected chi connectivity index (χ2v) is 8.05. The number of rotatable bonds is 5. The molecule has 0 atom stereocenters. The highest BCUT2D eigenvalue weighted by Gasteiger charge is 2.21. The van der Waals surface area contributed by atoms with Crippen LogP contribution in [0.4, 0.5) is 5.69 Å². The minimum absolute atomic E-state index is 0.308. The summed E-state index contributed by atoms with van der Waals surface area (Å²) in [6.45, 7) is 5.35. The number of benzene rings is 2. The molecule has 0 bridgehead atoms. The molecule has 0 unspecified atom stereocenters. The first kappa shape index (κ1) is 19.0. The van der Waals surface area contributed by atoms with Crippen LogP contribution in [0.5, 0.6) is 11.5 Å². The molecule has 2 aromatic carbocycles. The summed E-state index contributed by atoms with van der Waals surface area (Å²) < 4.78 is 16.3. The summed E-state index contributed by atoms with van der Waals surface area (Å²) in [5.74, 6) is 1.66. The van der Waals surface area contributed by atoms with Crippen LogP contribution in [-0.4, -0.2) is 30.8 Å². The van der Waals surface area contributed by atoms with Gasteiger partial charge in [-0.3, -0.25) is 4.90 Å². The summed E-state index contributed by atoms with van der Waals surface area (Å²) in [6.07, 6.45) is 3.01. The van der Waals surface area contributed by atoms with Crippen LogP contribution >= 0.6 is 0 Å². The van der Waals surface area contributed by atoms with Crippen LogP contribution in [0.15, 0.2) is 51.7 Å². The summed E-state index contributed by atoms with van der Waals surface area (Å²) >= 11 is 0. The minimum Gasteiger partial charge on any atom is -0.454 e. The standard InChI is InChI=1S/C24H26N2O4/c1-2-16-3-5-21-19(11-16)20(13-24(27)30-21)25-18-7-9-26(10-8-18)14-17-4-6-22-23(12-17)29-15-28-22/h3-6,11-13,18,25H,2,7-10,14-15H2,1H3. The molecule has 1 fully saturated rings. The molecule has 1 saturated heterocycles. The number of hydrogen-bond donors (Lipinski definition) is 1. The van der Waals surface area contributed by atoms with Gasteiger partial charge in [-0.25, -0.2) is 4.79 Å². The van der Waals surface area contributed by atoms with E-state index < -0.39 is 0 Å². The number of aryl methyl sites for hydroxylation is 1. The van der Waals surface area contributed by atoms with Gasteiger partial charge in [0.2, 0.25) is 6.79 Å². The number of nitrogens with zero attached hydrogens (tertiary/aromatic N) is 1. The van der Waals surface area contributed by atoms with Gasteiger partial charge < -0.3 is 19.2 Å². The third kappa shape index (κ3) is 3.87. The van der Waals surface area contributed by atoms with Gasteiger partial charge in [-0.05, 0) is 54.7 Å². The van der Waals surface area contributed by atoms with Crippen LogP contribution in [0.1, 0.15) is 30.9 Å². The molecule has 2 aliphatic heterocycles. The first-order valence-corrected chi connectivity index (χ1v) is 10.6. The van der Waals surface area contributed by atoms with Crippen molar-refractivity contribution in [2.24, 2.45) is 0 Å². The molecule has 0 spiro atoms. The zero-order valence-electron chi connectivity index (χ0n) is 17.1. The summed E-state index contributed by atoms with van der Waals surface area (Å²) in [5, 5.41) is 4.59. The van der Waals surface area contributed by atoms with E-state index in [0.29, 0.717) is 18.4 Å². The van der Waals surface area contributed by atoms with Crippen LogP contribution in [0.25, 0.3) is 11.0 Å². The average Bonchev–Trinajstić information content (AvgIpc) is 3.23. The number of piperidine rings is 1. The van der Waals surface area contributed by atoms with Gasteiger partial charge in [0.05, 0.1) is 5.69 Å². The van der Waals surface area contributed by atoms with E-state index in [4.69, 9.17) is 13.9 Å². The molecule has 6 nitrogen and oxygen atoms in total. The van der Waals surface area contributed by atoms with Gasteiger partial charge in [-0.2, -0.15) is 0 Å². The molecule has 0 aliphatic carbocycles. The third-order valence-corrected chi connectivity index (χ3v) is 6.01. The predicted molar refractivity (Wildman–Crippen MR) is 116 cm³/mol. The molecule has 30 heavy (non-hydrogen) atoms. The normalized spacial score (nSPS) is 16.8. The Hall–Kier alpha value is -2.99. The molecule has 3 heterocycles. The van der Waals surface area contributed by atoms with E-state index >= 15 is 0 Å². The Balaban J connectivity index is 1.25. The van der Waals surface area contributed by atoms with Gasteiger partial charge in [-0.15, -0.1) is 0 Å². The Labute approximate surface area is 175 Å². The molecule has 5 rings (SSSR count). The van der Waals surface area contributed by atoms with Gasteiger partial charge in [0.25, 0.3) is 0 Å². The zero-order valence-corrected chi connectivity index (χ0v) is 17.1. The fourth-order valence-electron chi connectivity index (χ4n) is 4.30. The molecule has 0 radical (unpaired) electrons. The lowest BCUT2D eigenvalue weighted by Gasteiger charge is -2.33. The van der Waals surface area contributed by atoms with Crippen molar-refractivity contribution in [1.82, 2.24) is 4.90 Å². The van der Waals surface area contributed by atoms with Crippen molar-refractivity contribution < 1.29 is 13.9 Å². The number of likely N-dealkylation sites (tertiary alicyclic amines) is 1. The van der Waals surface area contributed by atoms with Gasteiger partial charge in [0, 0.05) is 37.1 Å². The number of nitrogens with one attached hydrogen (secondary N) is 1. The van der Waals surface area contributed by atoms with Crippen LogP contribution in [-0.2, 0) is 13.0 Å². The van der Waals surface area contributed by atoms with Gasteiger partial charge in [-0.1, -0.05) is 19.1 Å². The molecule has 1 aromatic heterocycles. The average molecular weight is 406 g/mol. The van der Waals surface area contributed by atoms with Crippen molar-refractivity contribution in [3.63, 3.8) is 0 Å².